The second-order valence-electron chi connectivity index (χ2n) is 4.04. The largest absolute Gasteiger partial charge is 0.381 e. The second kappa shape index (κ2) is 5.84. The van der Waals surface area contributed by atoms with Gasteiger partial charge in [0.25, 0.3) is 0 Å². The molecule has 0 heterocycles. The van der Waals surface area contributed by atoms with Crippen molar-refractivity contribution >= 4 is 27.5 Å². The maximum Gasteiger partial charge on any atom is 0.248 e. The minimum atomic E-state index is -0.450. The predicted molar refractivity (Wildman–Crippen MR) is 76.4 cm³/mol. The van der Waals surface area contributed by atoms with E-state index in [1.807, 2.05) is 12.1 Å². The molecule has 3 nitrogen and oxygen atoms in total. The first-order valence-corrected chi connectivity index (χ1v) is 6.43. The molecule has 0 bridgehead atoms. The Hall–Kier alpha value is -1.88. The third-order valence-corrected chi connectivity index (χ3v) is 3.30. The standard InChI is InChI=1S/C14H12BrFN2O/c15-12-6-5-11(7-13(12)16)18-8-9-1-3-10(4-2-9)14(17)19/h1-7,18H,8H2,(H2,17,19). The van der Waals surface area contributed by atoms with E-state index in [-0.39, 0.29) is 5.82 Å². The van der Waals surface area contributed by atoms with Crippen LogP contribution in [0.3, 0.4) is 0 Å². The molecule has 0 aliphatic rings. The highest BCUT2D eigenvalue weighted by Gasteiger charge is 2.02. The normalized spacial score (nSPS) is 10.2. The summed E-state index contributed by atoms with van der Waals surface area (Å²) < 4.78 is 13.7. The molecule has 0 saturated heterocycles. The molecule has 1 amide bonds. The van der Waals surface area contributed by atoms with Crippen LogP contribution in [0.5, 0.6) is 0 Å². The minimum Gasteiger partial charge on any atom is -0.381 e. The molecule has 2 aromatic carbocycles. The Kier molecular flexibility index (Phi) is 4.16. The highest BCUT2D eigenvalue weighted by Crippen LogP contribution is 2.19. The molecule has 19 heavy (non-hydrogen) atoms. The average molecular weight is 323 g/mol. The number of halogens is 2. The summed E-state index contributed by atoms with van der Waals surface area (Å²) in [4.78, 5) is 10.9. The zero-order valence-electron chi connectivity index (χ0n) is 9.99. The number of amides is 1. The van der Waals surface area contributed by atoms with Crippen LogP contribution in [0.2, 0.25) is 0 Å². The van der Waals surface area contributed by atoms with Gasteiger partial charge >= 0.3 is 0 Å². The number of primary amides is 1. The van der Waals surface area contributed by atoms with Gasteiger partial charge in [-0.05, 0) is 51.8 Å². The lowest BCUT2D eigenvalue weighted by Gasteiger charge is -2.07. The first kappa shape index (κ1) is 13.5. The fraction of sp³-hybridized carbons (Fsp3) is 0.0714. The topological polar surface area (TPSA) is 55.1 Å². The van der Waals surface area contributed by atoms with Crippen molar-refractivity contribution < 1.29 is 9.18 Å². The summed E-state index contributed by atoms with van der Waals surface area (Å²) in [5.41, 5.74) is 7.30. The Morgan fingerprint density at radius 1 is 1.21 bits per heavy atom. The predicted octanol–water partition coefficient (Wildman–Crippen LogP) is 3.30. The van der Waals surface area contributed by atoms with Gasteiger partial charge in [-0.1, -0.05) is 12.1 Å². The van der Waals surface area contributed by atoms with Gasteiger partial charge in [0.1, 0.15) is 5.82 Å². The van der Waals surface area contributed by atoms with Crippen molar-refractivity contribution in [2.75, 3.05) is 5.32 Å². The highest BCUT2D eigenvalue weighted by molar-refractivity contribution is 9.10. The van der Waals surface area contributed by atoms with Gasteiger partial charge in [0.15, 0.2) is 0 Å². The fourth-order valence-corrected chi connectivity index (χ4v) is 1.84. The van der Waals surface area contributed by atoms with Gasteiger partial charge in [-0.25, -0.2) is 4.39 Å². The third kappa shape index (κ3) is 3.54. The van der Waals surface area contributed by atoms with E-state index in [1.54, 1.807) is 24.3 Å². The maximum absolute atomic E-state index is 13.3. The van der Waals surface area contributed by atoms with Gasteiger partial charge < -0.3 is 11.1 Å². The fourth-order valence-electron chi connectivity index (χ4n) is 1.60. The zero-order chi connectivity index (χ0) is 13.8. The SMILES string of the molecule is NC(=O)c1ccc(CNc2ccc(Br)c(F)c2)cc1. The van der Waals surface area contributed by atoms with Crippen LogP contribution in [-0.4, -0.2) is 5.91 Å². The number of hydrogen-bond donors (Lipinski definition) is 2. The Labute approximate surface area is 118 Å². The Morgan fingerprint density at radius 2 is 1.89 bits per heavy atom. The molecule has 0 unspecified atom stereocenters. The molecule has 0 saturated carbocycles. The Balaban J connectivity index is 2.01. The molecular weight excluding hydrogens is 311 g/mol. The van der Waals surface area contributed by atoms with Crippen LogP contribution in [-0.2, 0) is 6.54 Å². The highest BCUT2D eigenvalue weighted by atomic mass is 79.9. The van der Waals surface area contributed by atoms with E-state index >= 15 is 0 Å². The van der Waals surface area contributed by atoms with Crippen molar-refractivity contribution in [3.8, 4) is 0 Å². The average Bonchev–Trinajstić information content (AvgIpc) is 2.40. The van der Waals surface area contributed by atoms with Gasteiger partial charge in [0.2, 0.25) is 5.91 Å². The van der Waals surface area contributed by atoms with Gasteiger partial charge in [0, 0.05) is 17.8 Å². The molecule has 5 heteroatoms. The molecule has 3 N–H and O–H groups in total. The van der Waals surface area contributed by atoms with Crippen LogP contribution >= 0.6 is 15.9 Å². The van der Waals surface area contributed by atoms with E-state index in [4.69, 9.17) is 5.73 Å². The van der Waals surface area contributed by atoms with E-state index in [2.05, 4.69) is 21.2 Å². The zero-order valence-corrected chi connectivity index (χ0v) is 11.6. The molecule has 0 aliphatic heterocycles. The van der Waals surface area contributed by atoms with Crippen molar-refractivity contribution in [2.24, 2.45) is 5.73 Å². The minimum absolute atomic E-state index is 0.311. The van der Waals surface area contributed by atoms with Gasteiger partial charge in [-0.2, -0.15) is 0 Å². The van der Waals surface area contributed by atoms with Crippen LogP contribution in [0, 0.1) is 5.82 Å². The number of carbonyl (C=O) groups is 1. The summed E-state index contributed by atoms with van der Waals surface area (Å²) in [6.07, 6.45) is 0. The molecule has 0 fully saturated rings. The van der Waals surface area contributed by atoms with E-state index < -0.39 is 5.91 Å². The van der Waals surface area contributed by atoms with Crippen LogP contribution < -0.4 is 11.1 Å². The maximum atomic E-state index is 13.3. The first-order valence-electron chi connectivity index (χ1n) is 5.64. The van der Waals surface area contributed by atoms with Crippen LogP contribution in [0.1, 0.15) is 15.9 Å². The summed E-state index contributed by atoms with van der Waals surface area (Å²) in [7, 11) is 0. The lowest BCUT2D eigenvalue weighted by atomic mass is 10.1. The van der Waals surface area contributed by atoms with Crippen LogP contribution in [0.4, 0.5) is 10.1 Å². The summed E-state index contributed by atoms with van der Waals surface area (Å²) in [5, 5.41) is 3.10. The molecule has 2 aromatic rings. The van der Waals surface area contributed by atoms with Crippen molar-refractivity contribution in [1.29, 1.82) is 0 Å². The molecule has 0 aliphatic carbocycles. The van der Waals surface area contributed by atoms with E-state index in [0.717, 1.165) is 5.56 Å². The summed E-state index contributed by atoms with van der Waals surface area (Å²) in [6.45, 7) is 0.542. The van der Waals surface area contributed by atoms with Crippen LogP contribution in [0.25, 0.3) is 0 Å². The summed E-state index contributed by atoms with van der Waals surface area (Å²) in [5.74, 6) is -0.761. The summed E-state index contributed by atoms with van der Waals surface area (Å²) in [6, 6.07) is 11.8. The van der Waals surface area contributed by atoms with E-state index in [9.17, 15) is 9.18 Å². The van der Waals surface area contributed by atoms with E-state index in [0.29, 0.717) is 22.3 Å². The monoisotopic (exact) mass is 322 g/mol. The molecule has 0 atom stereocenters. The molecule has 0 spiro atoms. The Bertz CT molecular complexity index is 599. The third-order valence-electron chi connectivity index (χ3n) is 2.65. The molecule has 98 valence electrons. The first-order chi connectivity index (χ1) is 9.06. The number of anilines is 1. The quantitative estimate of drug-likeness (QED) is 0.907. The smallest absolute Gasteiger partial charge is 0.248 e. The number of rotatable bonds is 4. The second-order valence-corrected chi connectivity index (χ2v) is 4.90. The van der Waals surface area contributed by atoms with Crippen molar-refractivity contribution in [3.63, 3.8) is 0 Å². The van der Waals surface area contributed by atoms with Crippen molar-refractivity contribution in [3.05, 3.63) is 63.9 Å². The van der Waals surface area contributed by atoms with Crippen molar-refractivity contribution in [1.82, 2.24) is 0 Å². The number of carbonyl (C=O) groups excluding carboxylic acids is 1. The summed E-state index contributed by atoms with van der Waals surface area (Å²) >= 11 is 3.10. The number of hydrogen-bond acceptors (Lipinski definition) is 2. The lowest BCUT2D eigenvalue weighted by molar-refractivity contribution is 0.100. The van der Waals surface area contributed by atoms with Gasteiger partial charge in [-0.15, -0.1) is 0 Å². The molecule has 0 radical (unpaired) electrons. The Morgan fingerprint density at radius 3 is 2.47 bits per heavy atom. The number of benzene rings is 2. The lowest BCUT2D eigenvalue weighted by Crippen LogP contribution is -2.10. The molecular formula is C14H12BrFN2O. The van der Waals surface area contributed by atoms with Gasteiger partial charge in [-0.3, -0.25) is 4.79 Å². The van der Waals surface area contributed by atoms with E-state index in [1.165, 1.54) is 6.07 Å². The number of nitrogens with two attached hydrogens (primary N) is 1. The van der Waals surface area contributed by atoms with Gasteiger partial charge in [0.05, 0.1) is 4.47 Å². The van der Waals surface area contributed by atoms with Crippen LogP contribution in [0.15, 0.2) is 46.9 Å². The molecule has 0 aromatic heterocycles. The molecule has 2 rings (SSSR count). The van der Waals surface area contributed by atoms with Crippen molar-refractivity contribution in [2.45, 2.75) is 6.54 Å². The number of nitrogens with one attached hydrogen (secondary N) is 1.